The van der Waals surface area contributed by atoms with Gasteiger partial charge in [-0.2, -0.15) is 0 Å². The van der Waals surface area contributed by atoms with E-state index >= 15 is 0 Å². The number of carboxylic acid groups (broad SMARTS) is 1. The molecule has 0 saturated carbocycles. The molecule has 0 aromatic heterocycles. The number of aliphatic carboxylic acids is 1. The minimum Gasteiger partial charge on any atom is -0.481 e. The molecule has 0 aliphatic carbocycles. The summed E-state index contributed by atoms with van der Waals surface area (Å²) in [7, 11) is 0. The Hall–Kier alpha value is -2.04. The van der Waals surface area contributed by atoms with Gasteiger partial charge in [0.05, 0.1) is 0 Å². The molecule has 0 spiro atoms. The number of benzene rings is 1. The average molecular weight is 307 g/mol. The number of nitrogens with one attached hydrogen (secondary N) is 1. The Morgan fingerprint density at radius 2 is 1.86 bits per heavy atom. The van der Waals surface area contributed by atoms with Crippen LogP contribution in [0.15, 0.2) is 30.3 Å². The third-order valence-electron chi connectivity index (χ3n) is 3.43. The summed E-state index contributed by atoms with van der Waals surface area (Å²) >= 11 is 0. The van der Waals surface area contributed by atoms with Gasteiger partial charge in [-0.15, -0.1) is 0 Å². The summed E-state index contributed by atoms with van der Waals surface area (Å²) in [5.74, 6) is -0.820. The molecule has 2 N–H and O–H groups in total. The van der Waals surface area contributed by atoms with E-state index in [2.05, 4.69) is 5.32 Å². The summed E-state index contributed by atoms with van der Waals surface area (Å²) < 4.78 is 5.21. The molecule has 1 aromatic carbocycles. The Morgan fingerprint density at radius 3 is 2.41 bits per heavy atom. The number of carbonyl (C=O) groups excluding carboxylic acids is 1. The molecule has 0 aliphatic rings. The second-order valence-corrected chi connectivity index (χ2v) is 6.41. The molecule has 22 heavy (non-hydrogen) atoms. The molecule has 0 radical (unpaired) electrons. The zero-order valence-corrected chi connectivity index (χ0v) is 13.5. The lowest BCUT2D eigenvalue weighted by atomic mass is 9.84. The van der Waals surface area contributed by atoms with E-state index in [-0.39, 0.29) is 24.5 Å². The molecule has 0 fully saturated rings. The number of hydrogen-bond donors (Lipinski definition) is 2. The van der Waals surface area contributed by atoms with E-state index in [0.29, 0.717) is 12.8 Å². The molecule has 0 heterocycles. The topological polar surface area (TPSA) is 75.6 Å². The van der Waals surface area contributed by atoms with Gasteiger partial charge >= 0.3 is 12.1 Å². The minimum atomic E-state index is -0.820. The lowest BCUT2D eigenvalue weighted by molar-refractivity contribution is -0.137. The first-order valence-corrected chi connectivity index (χ1v) is 7.48. The highest BCUT2D eigenvalue weighted by atomic mass is 16.5. The molecule has 1 amide bonds. The van der Waals surface area contributed by atoms with Crippen molar-refractivity contribution in [2.45, 2.75) is 52.7 Å². The maximum absolute atomic E-state index is 11.9. The van der Waals surface area contributed by atoms with Crippen LogP contribution in [0.4, 0.5) is 4.79 Å². The fourth-order valence-corrected chi connectivity index (χ4v) is 2.09. The molecular formula is C17H25NO4. The minimum absolute atomic E-state index is 0.104. The highest BCUT2D eigenvalue weighted by molar-refractivity contribution is 5.68. The number of ether oxygens (including phenoxy) is 1. The average Bonchev–Trinajstić information content (AvgIpc) is 2.44. The lowest BCUT2D eigenvalue weighted by Crippen LogP contribution is -2.43. The van der Waals surface area contributed by atoms with Crippen molar-refractivity contribution < 1.29 is 19.4 Å². The molecular weight excluding hydrogens is 282 g/mol. The van der Waals surface area contributed by atoms with Crippen LogP contribution in [-0.2, 0) is 16.1 Å². The molecule has 1 unspecified atom stereocenters. The highest BCUT2D eigenvalue weighted by Gasteiger charge is 2.26. The van der Waals surface area contributed by atoms with Crippen molar-refractivity contribution in [3.05, 3.63) is 35.9 Å². The molecule has 0 bridgehead atoms. The van der Waals surface area contributed by atoms with E-state index in [0.717, 1.165) is 5.56 Å². The van der Waals surface area contributed by atoms with Crippen LogP contribution in [0.3, 0.4) is 0 Å². The summed E-state index contributed by atoms with van der Waals surface area (Å²) in [6.07, 6.45) is 0.763. The van der Waals surface area contributed by atoms with Crippen LogP contribution in [-0.4, -0.2) is 23.2 Å². The number of alkyl carbamates (subject to hydrolysis) is 1. The van der Waals surface area contributed by atoms with Gasteiger partial charge in [0.25, 0.3) is 0 Å². The molecule has 1 aromatic rings. The first-order valence-electron chi connectivity index (χ1n) is 7.48. The summed E-state index contributed by atoms with van der Waals surface area (Å²) in [6, 6.07) is 9.33. The summed E-state index contributed by atoms with van der Waals surface area (Å²) in [5.41, 5.74) is 0.764. The molecule has 5 heteroatoms. The molecule has 122 valence electrons. The second kappa shape index (κ2) is 8.41. The maximum atomic E-state index is 11.9. The van der Waals surface area contributed by atoms with Crippen LogP contribution >= 0.6 is 0 Å². The number of amides is 1. The Morgan fingerprint density at radius 1 is 1.23 bits per heavy atom. The van der Waals surface area contributed by atoms with Crippen molar-refractivity contribution in [1.29, 1.82) is 0 Å². The van der Waals surface area contributed by atoms with Crippen molar-refractivity contribution in [2.75, 3.05) is 0 Å². The van der Waals surface area contributed by atoms with Crippen molar-refractivity contribution in [3.63, 3.8) is 0 Å². The maximum Gasteiger partial charge on any atom is 0.407 e. The van der Waals surface area contributed by atoms with Crippen molar-refractivity contribution in [1.82, 2.24) is 5.32 Å². The van der Waals surface area contributed by atoms with Gasteiger partial charge in [-0.3, -0.25) is 4.79 Å². The Kier molecular flexibility index (Phi) is 6.89. The van der Waals surface area contributed by atoms with Gasteiger partial charge in [-0.05, 0) is 23.8 Å². The van der Waals surface area contributed by atoms with E-state index in [4.69, 9.17) is 9.84 Å². The molecule has 5 nitrogen and oxygen atoms in total. The number of carbonyl (C=O) groups is 2. The quantitative estimate of drug-likeness (QED) is 0.807. The molecule has 0 saturated heterocycles. The second-order valence-electron chi connectivity index (χ2n) is 6.41. The fourth-order valence-electron chi connectivity index (χ4n) is 2.09. The van der Waals surface area contributed by atoms with Crippen LogP contribution in [0.2, 0.25) is 0 Å². The largest absolute Gasteiger partial charge is 0.481 e. The Balaban J connectivity index is 2.46. The van der Waals surface area contributed by atoms with Crippen LogP contribution in [0.5, 0.6) is 0 Å². The van der Waals surface area contributed by atoms with E-state index in [9.17, 15) is 9.59 Å². The Labute approximate surface area is 131 Å². The van der Waals surface area contributed by atoms with E-state index < -0.39 is 12.1 Å². The number of hydrogen-bond acceptors (Lipinski definition) is 3. The van der Waals surface area contributed by atoms with Gasteiger partial charge in [0.1, 0.15) is 6.61 Å². The zero-order chi connectivity index (χ0) is 16.6. The molecule has 1 rings (SSSR count). The van der Waals surface area contributed by atoms with E-state index in [1.807, 2.05) is 51.1 Å². The third kappa shape index (κ3) is 7.11. The van der Waals surface area contributed by atoms with E-state index in [1.165, 1.54) is 0 Å². The highest BCUT2D eigenvalue weighted by Crippen LogP contribution is 2.23. The van der Waals surface area contributed by atoms with Gasteiger partial charge in [0.15, 0.2) is 0 Å². The summed E-state index contributed by atoms with van der Waals surface area (Å²) in [4.78, 5) is 22.5. The van der Waals surface area contributed by atoms with Gasteiger partial charge < -0.3 is 15.2 Å². The monoisotopic (exact) mass is 307 g/mol. The number of rotatable bonds is 7. The summed E-state index contributed by atoms with van der Waals surface area (Å²) in [6.45, 7) is 6.25. The third-order valence-corrected chi connectivity index (χ3v) is 3.43. The molecule has 0 aliphatic heterocycles. The van der Waals surface area contributed by atoms with Crippen LogP contribution in [0, 0.1) is 5.41 Å². The first-order chi connectivity index (χ1) is 10.3. The van der Waals surface area contributed by atoms with Crippen molar-refractivity contribution >= 4 is 12.1 Å². The fraction of sp³-hybridized carbons (Fsp3) is 0.529. The van der Waals surface area contributed by atoms with Gasteiger partial charge in [0, 0.05) is 12.5 Å². The predicted octanol–water partition coefficient (Wildman–Crippen LogP) is 3.58. The van der Waals surface area contributed by atoms with Crippen molar-refractivity contribution in [2.24, 2.45) is 5.41 Å². The van der Waals surface area contributed by atoms with Crippen LogP contribution in [0.25, 0.3) is 0 Å². The van der Waals surface area contributed by atoms with Gasteiger partial charge in [0.2, 0.25) is 0 Å². The lowest BCUT2D eigenvalue weighted by Gasteiger charge is -2.31. The molecule has 1 atom stereocenters. The smallest absolute Gasteiger partial charge is 0.407 e. The van der Waals surface area contributed by atoms with Gasteiger partial charge in [-0.25, -0.2) is 4.79 Å². The first kappa shape index (κ1) is 18.0. The van der Waals surface area contributed by atoms with Crippen LogP contribution < -0.4 is 5.32 Å². The van der Waals surface area contributed by atoms with Crippen LogP contribution in [0.1, 0.15) is 45.6 Å². The van der Waals surface area contributed by atoms with E-state index in [1.54, 1.807) is 0 Å². The summed E-state index contributed by atoms with van der Waals surface area (Å²) in [5, 5.41) is 11.6. The Bertz CT molecular complexity index is 479. The standard InChI is InChI=1S/C17H25NO4/c1-17(2,3)14(10-7-11-15(19)20)18-16(21)22-12-13-8-5-4-6-9-13/h4-6,8-9,14H,7,10-12H2,1-3H3,(H,18,21)(H,19,20). The zero-order valence-electron chi connectivity index (χ0n) is 13.5. The van der Waals surface area contributed by atoms with Crippen molar-refractivity contribution in [3.8, 4) is 0 Å². The normalized spacial score (nSPS) is 12.5. The number of carboxylic acids is 1. The predicted molar refractivity (Wildman–Crippen MR) is 84.5 cm³/mol. The van der Waals surface area contributed by atoms with Gasteiger partial charge in [-0.1, -0.05) is 51.1 Å². The SMILES string of the molecule is CC(C)(C)C(CCCC(=O)O)NC(=O)OCc1ccccc1.